The number of carbonyl (C=O) groups is 2. The van der Waals surface area contributed by atoms with E-state index in [1.165, 1.54) is 10.5 Å². The fourth-order valence-corrected chi connectivity index (χ4v) is 4.12. The monoisotopic (exact) mass is 333 g/mol. The van der Waals surface area contributed by atoms with E-state index in [4.69, 9.17) is 0 Å². The second-order valence-electron chi connectivity index (χ2n) is 6.21. The maximum Gasteiger partial charge on any atom is 0.246 e. The van der Waals surface area contributed by atoms with Crippen molar-refractivity contribution in [2.24, 2.45) is 0 Å². The first-order chi connectivity index (χ1) is 11.1. The van der Waals surface area contributed by atoms with Gasteiger partial charge < -0.3 is 15.5 Å². The number of thioether (sulfide) groups is 1. The van der Waals surface area contributed by atoms with Crippen LogP contribution >= 0.6 is 11.8 Å². The van der Waals surface area contributed by atoms with E-state index < -0.39 is 6.04 Å². The van der Waals surface area contributed by atoms with Gasteiger partial charge in [0.25, 0.3) is 0 Å². The van der Waals surface area contributed by atoms with Gasteiger partial charge in [-0.2, -0.15) is 0 Å². The van der Waals surface area contributed by atoms with Crippen LogP contribution < -0.4 is 10.6 Å². The number of amides is 2. The van der Waals surface area contributed by atoms with E-state index in [1.54, 1.807) is 0 Å². The molecule has 0 radical (unpaired) electrons. The number of piperidine rings is 1. The molecular formula is C17H23N3O2S. The highest BCUT2D eigenvalue weighted by Gasteiger charge is 2.31. The van der Waals surface area contributed by atoms with E-state index in [0.717, 1.165) is 25.9 Å². The highest BCUT2D eigenvalue weighted by Crippen LogP contribution is 2.30. The number of hydrogen-bond acceptors (Lipinski definition) is 4. The van der Waals surface area contributed by atoms with Crippen molar-refractivity contribution in [1.82, 2.24) is 15.5 Å². The summed E-state index contributed by atoms with van der Waals surface area (Å²) < 4.78 is 0. The van der Waals surface area contributed by atoms with Crippen molar-refractivity contribution in [2.75, 3.05) is 26.2 Å². The van der Waals surface area contributed by atoms with E-state index in [-0.39, 0.29) is 11.8 Å². The molecule has 0 aliphatic carbocycles. The van der Waals surface area contributed by atoms with Crippen LogP contribution in [0.5, 0.6) is 0 Å². The Labute approximate surface area is 141 Å². The third kappa shape index (κ3) is 4.26. The van der Waals surface area contributed by atoms with Crippen LogP contribution in [0.3, 0.4) is 0 Å². The number of hydrogen-bond donors (Lipinski definition) is 2. The normalized spacial score (nSPS) is 22.7. The fourth-order valence-electron chi connectivity index (χ4n) is 3.00. The molecule has 124 valence electrons. The summed E-state index contributed by atoms with van der Waals surface area (Å²) in [6, 6.07) is 8.21. The number of aryl methyl sites for hydroxylation is 1. The second kappa shape index (κ2) is 7.36. The van der Waals surface area contributed by atoms with Gasteiger partial charge in [0.2, 0.25) is 11.8 Å². The summed E-state index contributed by atoms with van der Waals surface area (Å²) in [5.74, 6) is -0.0521. The summed E-state index contributed by atoms with van der Waals surface area (Å²) in [5.41, 5.74) is 1.28. The molecule has 2 saturated heterocycles. The average Bonchev–Trinajstić information content (AvgIpc) is 2.57. The third-order valence-electron chi connectivity index (χ3n) is 4.34. The standard InChI is InChI=1S/C17H23N3O2S/c1-12-2-4-13(5-3-12)23-14-6-8-20(9-7-14)17(22)15-10-18-11-16(21)19-15/h2-5,14-15,18H,6-11H2,1H3,(H,19,21). The predicted octanol–water partition coefficient (Wildman–Crippen LogP) is 1.17. The largest absolute Gasteiger partial charge is 0.342 e. The first kappa shape index (κ1) is 16.3. The Morgan fingerprint density at radius 2 is 1.91 bits per heavy atom. The van der Waals surface area contributed by atoms with Crippen LogP contribution in [0.4, 0.5) is 0 Å². The van der Waals surface area contributed by atoms with E-state index in [1.807, 2.05) is 16.7 Å². The second-order valence-corrected chi connectivity index (χ2v) is 7.58. The molecule has 1 unspecified atom stereocenters. The Morgan fingerprint density at radius 1 is 1.22 bits per heavy atom. The van der Waals surface area contributed by atoms with E-state index in [2.05, 4.69) is 41.8 Å². The van der Waals surface area contributed by atoms with E-state index in [0.29, 0.717) is 18.3 Å². The van der Waals surface area contributed by atoms with Crippen LogP contribution in [0.1, 0.15) is 18.4 Å². The molecule has 1 aromatic carbocycles. The predicted molar refractivity (Wildman–Crippen MR) is 91.4 cm³/mol. The van der Waals surface area contributed by atoms with Gasteiger partial charge in [-0.3, -0.25) is 9.59 Å². The van der Waals surface area contributed by atoms with Crippen molar-refractivity contribution in [3.05, 3.63) is 29.8 Å². The summed E-state index contributed by atoms with van der Waals surface area (Å²) in [6.07, 6.45) is 2.00. The Morgan fingerprint density at radius 3 is 2.57 bits per heavy atom. The van der Waals surface area contributed by atoms with Crippen LogP contribution in [0.25, 0.3) is 0 Å². The van der Waals surface area contributed by atoms with Gasteiger partial charge in [-0.25, -0.2) is 0 Å². The summed E-state index contributed by atoms with van der Waals surface area (Å²) in [6.45, 7) is 4.47. The summed E-state index contributed by atoms with van der Waals surface area (Å²) in [4.78, 5) is 27.0. The van der Waals surface area contributed by atoms with Gasteiger partial charge in [0.15, 0.2) is 0 Å². The number of nitrogens with zero attached hydrogens (tertiary/aromatic N) is 1. The van der Waals surface area contributed by atoms with Crippen molar-refractivity contribution >= 4 is 23.6 Å². The first-order valence-electron chi connectivity index (χ1n) is 8.14. The first-order valence-corrected chi connectivity index (χ1v) is 9.02. The molecule has 0 aromatic heterocycles. The zero-order valence-electron chi connectivity index (χ0n) is 13.4. The van der Waals surface area contributed by atoms with Crippen molar-refractivity contribution in [3.8, 4) is 0 Å². The van der Waals surface area contributed by atoms with Crippen LogP contribution in [-0.4, -0.2) is 54.2 Å². The summed E-state index contributed by atoms with van der Waals surface area (Å²) >= 11 is 1.90. The smallest absolute Gasteiger partial charge is 0.246 e. The molecule has 2 aliphatic heterocycles. The lowest BCUT2D eigenvalue weighted by Crippen LogP contribution is -2.59. The van der Waals surface area contributed by atoms with Crippen LogP contribution in [0, 0.1) is 6.92 Å². The maximum absolute atomic E-state index is 12.5. The minimum Gasteiger partial charge on any atom is -0.342 e. The Bertz CT molecular complexity index is 568. The van der Waals surface area contributed by atoms with Gasteiger partial charge in [0, 0.05) is 29.8 Å². The summed E-state index contributed by atoms with van der Waals surface area (Å²) in [5, 5.41) is 6.32. The zero-order chi connectivity index (χ0) is 16.2. The van der Waals surface area contributed by atoms with Gasteiger partial charge in [0.05, 0.1) is 6.54 Å². The van der Waals surface area contributed by atoms with Crippen molar-refractivity contribution < 1.29 is 9.59 Å². The van der Waals surface area contributed by atoms with Crippen molar-refractivity contribution in [1.29, 1.82) is 0 Å². The molecule has 2 amide bonds. The minimum absolute atomic E-state index is 0.0457. The van der Waals surface area contributed by atoms with Crippen LogP contribution in [0.15, 0.2) is 29.2 Å². The molecular weight excluding hydrogens is 310 g/mol. The lowest BCUT2D eigenvalue weighted by atomic mass is 10.1. The molecule has 2 fully saturated rings. The van der Waals surface area contributed by atoms with Gasteiger partial charge in [-0.05, 0) is 31.9 Å². The Kier molecular flexibility index (Phi) is 5.23. The van der Waals surface area contributed by atoms with Crippen molar-refractivity contribution in [3.63, 3.8) is 0 Å². The van der Waals surface area contributed by atoms with Gasteiger partial charge in [-0.1, -0.05) is 17.7 Å². The summed E-state index contributed by atoms with van der Waals surface area (Å²) in [7, 11) is 0. The molecule has 23 heavy (non-hydrogen) atoms. The highest BCUT2D eigenvalue weighted by molar-refractivity contribution is 8.00. The average molecular weight is 333 g/mol. The quantitative estimate of drug-likeness (QED) is 0.872. The SMILES string of the molecule is Cc1ccc(SC2CCN(C(=O)C3CNCC(=O)N3)CC2)cc1. The molecule has 3 rings (SSSR count). The molecule has 0 bridgehead atoms. The lowest BCUT2D eigenvalue weighted by Gasteiger charge is -2.35. The molecule has 0 spiro atoms. The minimum atomic E-state index is -0.405. The molecule has 1 atom stereocenters. The lowest BCUT2D eigenvalue weighted by molar-refractivity contribution is -0.138. The zero-order valence-corrected chi connectivity index (χ0v) is 14.2. The number of nitrogens with one attached hydrogen (secondary N) is 2. The number of piperazine rings is 1. The maximum atomic E-state index is 12.5. The Balaban J connectivity index is 1.49. The topological polar surface area (TPSA) is 61.4 Å². The van der Waals surface area contributed by atoms with Crippen LogP contribution in [0.2, 0.25) is 0 Å². The number of likely N-dealkylation sites (tertiary alicyclic amines) is 1. The third-order valence-corrected chi connectivity index (χ3v) is 5.69. The Hall–Kier alpha value is -1.53. The molecule has 2 aliphatic rings. The number of carbonyl (C=O) groups excluding carboxylic acids is 2. The van der Waals surface area contributed by atoms with E-state index in [9.17, 15) is 9.59 Å². The molecule has 2 heterocycles. The van der Waals surface area contributed by atoms with Crippen LogP contribution in [-0.2, 0) is 9.59 Å². The highest BCUT2D eigenvalue weighted by atomic mass is 32.2. The molecule has 0 saturated carbocycles. The van der Waals surface area contributed by atoms with Gasteiger partial charge in [0.1, 0.15) is 6.04 Å². The molecule has 6 heteroatoms. The molecule has 1 aromatic rings. The van der Waals surface area contributed by atoms with Crippen molar-refractivity contribution in [2.45, 2.75) is 36.0 Å². The number of rotatable bonds is 3. The molecule has 2 N–H and O–H groups in total. The van der Waals surface area contributed by atoms with E-state index >= 15 is 0 Å². The van der Waals surface area contributed by atoms with Gasteiger partial charge in [-0.15, -0.1) is 11.8 Å². The van der Waals surface area contributed by atoms with Gasteiger partial charge >= 0.3 is 0 Å². The molecule has 5 nitrogen and oxygen atoms in total. The number of benzene rings is 1. The fraction of sp³-hybridized carbons (Fsp3) is 0.529.